The van der Waals surface area contributed by atoms with Crippen molar-refractivity contribution in [1.29, 1.82) is 0 Å². The molecule has 0 fully saturated rings. The van der Waals surface area contributed by atoms with Gasteiger partial charge in [-0.15, -0.1) is 0 Å². The Hall–Kier alpha value is -6.66. The van der Waals surface area contributed by atoms with Crippen molar-refractivity contribution in [3.8, 4) is 45.4 Å². The molecule has 0 aliphatic rings. The molecule has 10 rings (SSSR count). The van der Waals surface area contributed by atoms with Crippen molar-refractivity contribution in [2.45, 2.75) is 0 Å². The van der Waals surface area contributed by atoms with E-state index < -0.39 is 0 Å². The first-order valence-electron chi connectivity index (χ1n) is 15.8. The highest BCUT2D eigenvalue weighted by Gasteiger charge is 2.23. The Bertz CT molecular complexity index is 2840. The minimum absolute atomic E-state index is 0.451. The Morgan fingerprint density at radius 2 is 1.06 bits per heavy atom. The number of hydrogen-bond acceptors (Lipinski definition) is 6. The number of fused-ring (bicyclic) bond motifs is 7. The molecule has 0 saturated carbocycles. The van der Waals surface area contributed by atoms with Crippen LogP contribution in [0.3, 0.4) is 0 Å². The van der Waals surface area contributed by atoms with Crippen molar-refractivity contribution < 1.29 is 8.83 Å². The zero-order chi connectivity index (χ0) is 31.6. The van der Waals surface area contributed by atoms with E-state index in [9.17, 15) is 0 Å². The summed E-state index contributed by atoms with van der Waals surface area (Å²) in [5.41, 5.74) is 7.25. The van der Waals surface area contributed by atoms with Gasteiger partial charge >= 0.3 is 0 Å². The lowest BCUT2D eigenvalue weighted by Gasteiger charge is -2.10. The maximum atomic E-state index is 6.70. The normalized spacial score (nSPS) is 11.8. The quantitative estimate of drug-likeness (QED) is 0.196. The fourth-order valence-corrected chi connectivity index (χ4v) is 6.69. The van der Waals surface area contributed by atoms with Gasteiger partial charge in [0, 0.05) is 33.5 Å². The van der Waals surface area contributed by atoms with Crippen LogP contribution in [0.4, 0.5) is 0 Å². The number of benzene rings is 6. The van der Waals surface area contributed by atoms with Crippen LogP contribution in [0.1, 0.15) is 0 Å². The smallest absolute Gasteiger partial charge is 0.183 e. The predicted molar refractivity (Wildman–Crippen MR) is 191 cm³/mol. The average Bonchev–Trinajstić information content (AvgIpc) is 3.72. The van der Waals surface area contributed by atoms with Gasteiger partial charge in [0.2, 0.25) is 0 Å². The van der Waals surface area contributed by atoms with Crippen LogP contribution < -0.4 is 0 Å². The molecule has 0 atom stereocenters. The van der Waals surface area contributed by atoms with Gasteiger partial charge < -0.3 is 8.83 Å². The first-order chi connectivity index (χ1) is 23.8. The molecule has 6 aromatic carbocycles. The maximum Gasteiger partial charge on any atom is 0.183 e. The Balaban J connectivity index is 1.29. The van der Waals surface area contributed by atoms with Crippen LogP contribution >= 0.6 is 0 Å². The molecule has 4 aromatic heterocycles. The zero-order valence-corrected chi connectivity index (χ0v) is 25.5. The molecule has 4 heterocycles. The van der Waals surface area contributed by atoms with Gasteiger partial charge in [-0.1, -0.05) is 115 Å². The number of furan rings is 2. The van der Waals surface area contributed by atoms with Crippen molar-refractivity contribution in [2.75, 3.05) is 0 Å². The monoisotopic (exact) mass is 616 g/mol. The van der Waals surface area contributed by atoms with Gasteiger partial charge in [-0.25, -0.2) is 15.0 Å². The molecule has 48 heavy (non-hydrogen) atoms. The summed E-state index contributed by atoms with van der Waals surface area (Å²) in [6.07, 6.45) is 1.86. The molecule has 0 saturated heterocycles. The van der Waals surface area contributed by atoms with Gasteiger partial charge in [-0.3, -0.25) is 4.98 Å². The molecular formula is C42H24N4O2. The molecule has 224 valence electrons. The standard InChI is InChI=1S/C42H24N4O2/c1-3-12-25(13-4-1)33-24-43-37(36-32-22-27-16-7-8-17-28(27)23-35(32)48-39(33)36)42-45-40(26-14-5-2-6-15-26)44-41(46-42)31-20-11-19-30-29-18-9-10-21-34(29)47-38(30)31/h1-24H. The molecule has 0 N–H and O–H groups in total. The van der Waals surface area contributed by atoms with Crippen LogP contribution in [0.25, 0.3) is 100 Å². The van der Waals surface area contributed by atoms with Crippen molar-refractivity contribution in [1.82, 2.24) is 19.9 Å². The van der Waals surface area contributed by atoms with Gasteiger partial charge in [-0.05, 0) is 40.6 Å². The van der Waals surface area contributed by atoms with Crippen molar-refractivity contribution >= 4 is 54.6 Å². The summed E-state index contributed by atoms with van der Waals surface area (Å²) in [5, 5.41) is 6.08. The number of nitrogens with zero attached hydrogens (tertiary/aromatic N) is 4. The largest absolute Gasteiger partial charge is 0.455 e. The summed E-state index contributed by atoms with van der Waals surface area (Å²) in [6.45, 7) is 0. The lowest BCUT2D eigenvalue weighted by Crippen LogP contribution is -2.02. The van der Waals surface area contributed by atoms with Crippen LogP contribution in [-0.4, -0.2) is 19.9 Å². The minimum Gasteiger partial charge on any atom is -0.455 e. The highest BCUT2D eigenvalue weighted by Crippen LogP contribution is 2.42. The fraction of sp³-hybridized carbons (Fsp3) is 0. The lowest BCUT2D eigenvalue weighted by atomic mass is 10.0. The minimum atomic E-state index is 0.451. The zero-order valence-electron chi connectivity index (χ0n) is 25.5. The highest BCUT2D eigenvalue weighted by molar-refractivity contribution is 6.17. The van der Waals surface area contributed by atoms with Crippen LogP contribution in [0.2, 0.25) is 0 Å². The van der Waals surface area contributed by atoms with Crippen molar-refractivity contribution in [3.05, 3.63) is 146 Å². The Morgan fingerprint density at radius 3 is 1.90 bits per heavy atom. The summed E-state index contributed by atoms with van der Waals surface area (Å²) in [7, 11) is 0. The van der Waals surface area contributed by atoms with E-state index in [2.05, 4.69) is 48.5 Å². The van der Waals surface area contributed by atoms with E-state index in [4.69, 9.17) is 28.8 Å². The number of aromatic nitrogens is 4. The van der Waals surface area contributed by atoms with Crippen LogP contribution in [0.15, 0.2) is 155 Å². The topological polar surface area (TPSA) is 77.8 Å². The second-order valence-corrected chi connectivity index (χ2v) is 11.8. The molecule has 0 spiro atoms. The Morgan fingerprint density at radius 1 is 0.417 bits per heavy atom. The molecule has 0 unspecified atom stereocenters. The van der Waals surface area contributed by atoms with Gasteiger partial charge in [0.1, 0.15) is 28.0 Å². The molecule has 0 aliphatic heterocycles. The first kappa shape index (κ1) is 26.5. The summed E-state index contributed by atoms with van der Waals surface area (Å²) >= 11 is 0. The van der Waals surface area contributed by atoms with E-state index in [1.165, 1.54) is 0 Å². The fourth-order valence-electron chi connectivity index (χ4n) is 6.69. The maximum absolute atomic E-state index is 6.70. The molecule has 0 bridgehead atoms. The lowest BCUT2D eigenvalue weighted by molar-refractivity contribution is 0.669. The average molecular weight is 617 g/mol. The number of para-hydroxylation sites is 2. The molecule has 6 heteroatoms. The molecule has 6 nitrogen and oxygen atoms in total. The summed E-state index contributed by atoms with van der Waals surface area (Å²) < 4.78 is 13.1. The van der Waals surface area contributed by atoms with E-state index >= 15 is 0 Å². The SMILES string of the molecule is c1ccc(-c2nc(-c3cccc4c3oc3ccccc34)nc(-c3ncc(-c4ccccc4)c4oc5cc6ccccc6cc5c34)n2)cc1. The van der Waals surface area contributed by atoms with Gasteiger partial charge in [0.15, 0.2) is 17.5 Å². The van der Waals surface area contributed by atoms with E-state index in [0.29, 0.717) is 23.2 Å². The molecule has 10 aromatic rings. The first-order valence-corrected chi connectivity index (χ1v) is 15.8. The van der Waals surface area contributed by atoms with Gasteiger partial charge in [-0.2, -0.15) is 0 Å². The van der Waals surface area contributed by atoms with Crippen LogP contribution in [0, 0.1) is 0 Å². The van der Waals surface area contributed by atoms with Crippen molar-refractivity contribution in [2.24, 2.45) is 0 Å². The second kappa shape index (κ2) is 10.4. The molecule has 0 amide bonds. The van der Waals surface area contributed by atoms with E-state index in [-0.39, 0.29) is 0 Å². The summed E-state index contributed by atoms with van der Waals surface area (Å²) in [5.74, 6) is 1.50. The van der Waals surface area contributed by atoms with Crippen molar-refractivity contribution in [3.63, 3.8) is 0 Å². The predicted octanol–water partition coefficient (Wildman–Crippen LogP) is 10.9. The third-order valence-corrected chi connectivity index (χ3v) is 8.97. The second-order valence-electron chi connectivity index (χ2n) is 11.8. The third kappa shape index (κ3) is 4.13. The Labute approximate surface area is 274 Å². The van der Waals surface area contributed by atoms with Gasteiger partial charge in [0.25, 0.3) is 0 Å². The van der Waals surface area contributed by atoms with Gasteiger partial charge in [0.05, 0.1) is 10.9 Å². The number of hydrogen-bond donors (Lipinski definition) is 0. The summed E-state index contributed by atoms with van der Waals surface area (Å²) in [4.78, 5) is 20.3. The van der Waals surface area contributed by atoms with E-state index in [1.54, 1.807) is 0 Å². The van der Waals surface area contributed by atoms with Crippen LogP contribution in [0.5, 0.6) is 0 Å². The van der Waals surface area contributed by atoms with E-state index in [0.717, 1.165) is 76.9 Å². The highest BCUT2D eigenvalue weighted by atomic mass is 16.3. The van der Waals surface area contributed by atoms with Crippen LogP contribution in [-0.2, 0) is 0 Å². The molecule has 0 aliphatic carbocycles. The number of rotatable bonds is 4. The summed E-state index contributed by atoms with van der Waals surface area (Å²) in [6, 6.07) is 46.9. The molecule has 0 radical (unpaired) electrons. The number of pyridine rings is 1. The third-order valence-electron chi connectivity index (χ3n) is 8.97. The van der Waals surface area contributed by atoms with E-state index in [1.807, 2.05) is 97.2 Å². The Kier molecular flexibility index (Phi) is 5.77. The molecular weight excluding hydrogens is 592 g/mol.